The second kappa shape index (κ2) is 12.0. The van der Waals surface area contributed by atoms with Crippen molar-refractivity contribution in [3.05, 3.63) is 69.6 Å². The van der Waals surface area contributed by atoms with Gasteiger partial charge in [0.15, 0.2) is 0 Å². The summed E-state index contributed by atoms with van der Waals surface area (Å²) in [5, 5.41) is 2.97. The number of allylic oxidation sites excluding steroid dienone is 4. The summed E-state index contributed by atoms with van der Waals surface area (Å²) >= 11 is 0. The van der Waals surface area contributed by atoms with Gasteiger partial charge in [0.1, 0.15) is 0 Å². The van der Waals surface area contributed by atoms with Crippen LogP contribution in [0, 0.1) is 19.8 Å². The number of benzene rings is 1. The number of anilines is 1. The maximum absolute atomic E-state index is 14.3. The molecular weight excluding hydrogens is 513 g/mol. The fourth-order valence-electron chi connectivity index (χ4n) is 5.80. The van der Waals surface area contributed by atoms with Crippen LogP contribution in [0.25, 0.3) is 16.6 Å². The topological polar surface area (TPSA) is 59.8 Å². The zero-order valence-electron chi connectivity index (χ0n) is 24.3. The van der Waals surface area contributed by atoms with Crippen molar-refractivity contribution in [2.45, 2.75) is 92.8 Å². The summed E-state index contributed by atoms with van der Waals surface area (Å²) < 4.78 is 44.9. The number of hydrogen-bond acceptors (Lipinski definition) is 3. The van der Waals surface area contributed by atoms with Crippen LogP contribution in [0.5, 0.6) is 0 Å². The zero-order chi connectivity index (χ0) is 29.2. The Balaban J connectivity index is 1.77. The molecule has 8 heteroatoms. The predicted octanol–water partition coefficient (Wildman–Crippen LogP) is 8.96. The third kappa shape index (κ3) is 6.48. The van der Waals surface area contributed by atoms with Gasteiger partial charge in [0, 0.05) is 23.4 Å². The minimum Gasteiger partial charge on any atom is -0.310 e. The molecule has 3 aromatic rings. The van der Waals surface area contributed by atoms with Gasteiger partial charge in [-0.25, -0.2) is 4.98 Å². The Morgan fingerprint density at radius 1 is 1.05 bits per heavy atom. The van der Waals surface area contributed by atoms with Gasteiger partial charge < -0.3 is 4.57 Å². The highest BCUT2D eigenvalue weighted by atomic mass is 19.4. The van der Waals surface area contributed by atoms with E-state index in [9.17, 15) is 18.0 Å². The number of carbonyl (C=O) groups excluding carboxylic acids is 1. The molecule has 1 saturated carbocycles. The Labute approximate surface area is 234 Å². The van der Waals surface area contributed by atoms with Crippen LogP contribution in [-0.2, 0) is 6.54 Å². The average Bonchev–Trinajstić information content (AvgIpc) is 3.49. The molecule has 0 saturated heterocycles. The molecule has 1 N–H and O–H groups in total. The standard InChI is InChI=1S/C32H39F3N4O/c1-7-10-21(5)28(29(19(2)3)32(33,34)35)26-17-24(16-22(6)36-26)30(40)38-31-37-25-14-13-20(4)15-27(25)39(31)18-23-11-8-9-12-23/h13-17,23H,7-12,18H2,1-6H3,(H,37,38,40)/b28-21-. The molecule has 40 heavy (non-hydrogen) atoms. The second-order valence-electron chi connectivity index (χ2n) is 11.3. The summed E-state index contributed by atoms with van der Waals surface area (Å²) in [5.41, 5.74) is 3.83. The molecule has 1 aromatic carbocycles. The molecular formula is C32H39F3N4O. The Bertz CT molecular complexity index is 1470. The third-order valence-corrected chi connectivity index (χ3v) is 7.60. The Kier molecular flexibility index (Phi) is 8.86. The molecule has 1 amide bonds. The number of aryl methyl sites for hydroxylation is 2. The average molecular weight is 553 g/mol. The minimum atomic E-state index is -4.56. The number of nitrogens with zero attached hydrogens (tertiary/aromatic N) is 3. The van der Waals surface area contributed by atoms with Crippen molar-refractivity contribution in [3.63, 3.8) is 0 Å². The molecule has 5 nitrogen and oxygen atoms in total. The normalized spacial score (nSPS) is 14.9. The van der Waals surface area contributed by atoms with E-state index in [0.29, 0.717) is 36.0 Å². The van der Waals surface area contributed by atoms with Gasteiger partial charge in [-0.3, -0.25) is 15.1 Å². The SMILES string of the molecule is CCC/C(C)=C(\C(=C(C)C)C(F)(F)F)c1cc(C(=O)Nc2nc3ccc(C)cc3n2CC2CCCC2)cc(C)n1. The molecule has 0 radical (unpaired) electrons. The van der Waals surface area contributed by atoms with Crippen LogP contribution in [0.2, 0.25) is 0 Å². The van der Waals surface area contributed by atoms with E-state index in [2.05, 4.69) is 20.9 Å². The van der Waals surface area contributed by atoms with E-state index in [1.807, 2.05) is 26.0 Å². The molecule has 0 bridgehead atoms. The van der Waals surface area contributed by atoms with Gasteiger partial charge in [-0.2, -0.15) is 13.2 Å². The first kappa shape index (κ1) is 29.6. The number of fused-ring (bicyclic) bond motifs is 1. The quantitative estimate of drug-likeness (QED) is 0.284. The summed E-state index contributed by atoms with van der Waals surface area (Å²) in [4.78, 5) is 22.8. The predicted molar refractivity (Wildman–Crippen MR) is 155 cm³/mol. The van der Waals surface area contributed by atoms with Crippen LogP contribution in [0.15, 0.2) is 47.1 Å². The van der Waals surface area contributed by atoms with Crippen LogP contribution in [0.3, 0.4) is 0 Å². The number of imidazole rings is 1. The highest BCUT2D eigenvalue weighted by Gasteiger charge is 2.38. The van der Waals surface area contributed by atoms with Gasteiger partial charge in [-0.05, 0) is 89.6 Å². The smallest absolute Gasteiger partial charge is 0.310 e. The minimum absolute atomic E-state index is 0.0519. The van der Waals surface area contributed by atoms with Gasteiger partial charge in [0.2, 0.25) is 5.95 Å². The lowest BCUT2D eigenvalue weighted by Crippen LogP contribution is -2.20. The van der Waals surface area contributed by atoms with Crippen LogP contribution in [0.1, 0.15) is 93.5 Å². The summed E-state index contributed by atoms with van der Waals surface area (Å²) in [6.45, 7) is 11.0. The van der Waals surface area contributed by atoms with E-state index in [4.69, 9.17) is 4.98 Å². The molecule has 0 unspecified atom stereocenters. The van der Waals surface area contributed by atoms with Gasteiger partial charge in [-0.1, -0.05) is 43.4 Å². The summed E-state index contributed by atoms with van der Waals surface area (Å²) in [7, 11) is 0. The van der Waals surface area contributed by atoms with Gasteiger partial charge in [0.25, 0.3) is 5.91 Å². The van der Waals surface area contributed by atoms with E-state index in [0.717, 1.165) is 36.0 Å². The van der Waals surface area contributed by atoms with Crippen molar-refractivity contribution in [3.8, 4) is 0 Å². The monoisotopic (exact) mass is 552 g/mol. The van der Waals surface area contributed by atoms with Gasteiger partial charge >= 0.3 is 6.18 Å². The number of carbonyl (C=O) groups is 1. The largest absolute Gasteiger partial charge is 0.416 e. The maximum atomic E-state index is 14.3. The first-order valence-corrected chi connectivity index (χ1v) is 14.1. The van der Waals surface area contributed by atoms with Crippen molar-refractivity contribution in [1.82, 2.24) is 14.5 Å². The summed E-state index contributed by atoms with van der Waals surface area (Å²) in [5.74, 6) is 0.541. The van der Waals surface area contributed by atoms with Gasteiger partial charge in [0.05, 0.1) is 22.3 Å². The molecule has 1 aliphatic carbocycles. The number of halogens is 3. The summed E-state index contributed by atoms with van der Waals surface area (Å²) in [6, 6.07) is 9.10. The number of pyridine rings is 1. The number of nitrogens with one attached hydrogen (secondary N) is 1. The van der Waals surface area contributed by atoms with E-state index in [1.165, 1.54) is 32.8 Å². The van der Waals surface area contributed by atoms with Crippen molar-refractivity contribution >= 4 is 28.5 Å². The first-order valence-electron chi connectivity index (χ1n) is 14.1. The highest BCUT2D eigenvalue weighted by molar-refractivity contribution is 6.05. The lowest BCUT2D eigenvalue weighted by atomic mass is 9.90. The molecule has 214 valence electrons. The van der Waals surface area contributed by atoms with Crippen LogP contribution in [-0.4, -0.2) is 26.6 Å². The van der Waals surface area contributed by atoms with Gasteiger partial charge in [-0.15, -0.1) is 0 Å². The number of amides is 1. The second-order valence-corrected chi connectivity index (χ2v) is 11.3. The molecule has 2 heterocycles. The summed E-state index contributed by atoms with van der Waals surface area (Å²) in [6.07, 6.45) is 1.32. The van der Waals surface area contributed by atoms with E-state index >= 15 is 0 Å². The zero-order valence-corrected chi connectivity index (χ0v) is 24.3. The Morgan fingerprint density at radius 2 is 1.75 bits per heavy atom. The molecule has 0 atom stereocenters. The van der Waals surface area contributed by atoms with E-state index < -0.39 is 17.7 Å². The molecule has 1 aliphatic rings. The fraction of sp³-hybridized carbons (Fsp3) is 0.469. The fourth-order valence-corrected chi connectivity index (χ4v) is 5.80. The van der Waals surface area contributed by atoms with E-state index in [1.54, 1.807) is 19.9 Å². The lowest BCUT2D eigenvalue weighted by Gasteiger charge is -2.21. The van der Waals surface area contributed by atoms with Crippen LogP contribution in [0.4, 0.5) is 19.1 Å². The molecule has 1 fully saturated rings. The van der Waals surface area contributed by atoms with Crippen molar-refractivity contribution in [1.29, 1.82) is 0 Å². The van der Waals surface area contributed by atoms with Crippen molar-refractivity contribution < 1.29 is 18.0 Å². The Hall–Kier alpha value is -3.42. The van der Waals surface area contributed by atoms with E-state index in [-0.39, 0.29) is 22.4 Å². The number of aromatic nitrogens is 3. The lowest BCUT2D eigenvalue weighted by molar-refractivity contribution is -0.0879. The third-order valence-electron chi connectivity index (χ3n) is 7.60. The number of hydrogen-bond donors (Lipinski definition) is 1. The molecule has 4 rings (SSSR count). The highest BCUT2D eigenvalue weighted by Crippen LogP contribution is 2.41. The van der Waals surface area contributed by atoms with Crippen LogP contribution >= 0.6 is 0 Å². The van der Waals surface area contributed by atoms with Crippen molar-refractivity contribution in [2.24, 2.45) is 5.92 Å². The molecule has 0 aliphatic heterocycles. The van der Waals surface area contributed by atoms with Crippen molar-refractivity contribution in [2.75, 3.05) is 5.32 Å². The molecule has 0 spiro atoms. The maximum Gasteiger partial charge on any atom is 0.416 e. The molecule has 2 aromatic heterocycles. The Morgan fingerprint density at radius 3 is 2.38 bits per heavy atom. The number of alkyl halides is 3. The first-order chi connectivity index (χ1) is 18.9. The van der Waals surface area contributed by atoms with Crippen LogP contribution < -0.4 is 5.32 Å². The number of rotatable bonds is 8.